The number of hydrogen-bond acceptors (Lipinski definition) is 1. The lowest BCUT2D eigenvalue weighted by Gasteiger charge is -2.10. The Morgan fingerprint density at radius 2 is 0.980 bits per heavy atom. The lowest BCUT2D eigenvalue weighted by molar-refractivity contribution is 0.666. The third kappa shape index (κ3) is 4.12. The molecule has 0 fully saturated rings. The molecule has 11 aromatic rings. The lowest BCUT2D eigenvalue weighted by atomic mass is 9.99. The molecule has 0 N–H and O–H groups in total. The average Bonchev–Trinajstić information content (AvgIpc) is 3.74. The summed E-state index contributed by atoms with van der Waals surface area (Å²) < 4.78 is 268. The van der Waals surface area contributed by atoms with E-state index < -0.39 is 274 Å². The van der Waals surface area contributed by atoms with Gasteiger partial charge in [0, 0.05) is 38.0 Å². The van der Waals surface area contributed by atoms with Gasteiger partial charge in [-0.2, -0.15) is 0 Å². The number of fused-ring (bicyclic) bond motifs is 9. The summed E-state index contributed by atoms with van der Waals surface area (Å²) in [6.07, 6.45) is 0. The Morgan fingerprint density at radius 3 is 1.69 bits per heavy atom. The van der Waals surface area contributed by atoms with E-state index in [-0.39, 0.29) is 0 Å². The minimum atomic E-state index is -1.02. The lowest BCUT2D eigenvalue weighted by Crippen LogP contribution is -1.94. The van der Waals surface area contributed by atoms with E-state index in [0.717, 1.165) is 15.2 Å². The third-order valence-corrected chi connectivity index (χ3v) is 8.43. The predicted octanol–water partition coefficient (Wildman–Crippen LogP) is 13.1. The van der Waals surface area contributed by atoms with Gasteiger partial charge in [0.15, 0.2) is 5.58 Å². The molecule has 0 unspecified atom stereocenters. The Bertz CT molecular complexity index is 4760. The minimum absolute atomic E-state index is 0.450. The van der Waals surface area contributed by atoms with E-state index in [1.54, 1.807) is 0 Å². The average molecular weight is 680 g/mol. The molecule has 0 radical (unpaired) electrons. The van der Waals surface area contributed by atoms with Gasteiger partial charge in [0.25, 0.3) is 0 Å². The summed E-state index contributed by atoms with van der Waals surface area (Å²) in [5.41, 5.74) is -7.53. The second kappa shape index (κ2) is 10.8. The van der Waals surface area contributed by atoms with E-state index in [1.165, 1.54) is 0 Å². The smallest absolute Gasteiger partial charge is 0.159 e. The van der Waals surface area contributed by atoms with Crippen LogP contribution in [0, 0.1) is 0 Å². The van der Waals surface area contributed by atoms with Gasteiger partial charge in [-0.25, -0.2) is 0 Å². The second-order valence-corrected chi connectivity index (χ2v) is 11.1. The van der Waals surface area contributed by atoms with Crippen molar-refractivity contribution in [3.05, 3.63) is 181 Å². The van der Waals surface area contributed by atoms with Crippen molar-refractivity contribution in [3.63, 3.8) is 0 Å². The number of rotatable bonds is 4. The van der Waals surface area contributed by atoms with Crippen molar-refractivity contribution in [1.82, 2.24) is 9.13 Å². The summed E-state index contributed by atoms with van der Waals surface area (Å²) in [6, 6.07) is -24.4. The predicted molar refractivity (Wildman–Crippen MR) is 213 cm³/mol. The second-order valence-electron chi connectivity index (χ2n) is 11.1. The molecule has 0 atom stereocenters. The molecule has 0 bridgehead atoms. The molecular formula is C48H30N2O. The maximum absolute atomic E-state index is 9.95. The first-order valence-electron chi connectivity index (χ1n) is 29.6. The van der Waals surface area contributed by atoms with Crippen molar-refractivity contribution in [3.8, 4) is 33.6 Å². The van der Waals surface area contributed by atoms with Crippen LogP contribution in [-0.4, -0.2) is 9.13 Å². The summed E-state index contributed by atoms with van der Waals surface area (Å²) in [7, 11) is 0. The van der Waals surface area contributed by atoms with E-state index in [2.05, 4.69) is 0 Å². The van der Waals surface area contributed by atoms with Crippen LogP contribution in [0.25, 0.3) is 99.2 Å². The molecule has 3 heterocycles. The van der Waals surface area contributed by atoms with Gasteiger partial charge < -0.3 is 13.6 Å². The Labute approximate surface area is 334 Å². The van der Waals surface area contributed by atoms with Crippen LogP contribution in [0.15, 0.2) is 186 Å². The number of hydrogen-bond donors (Lipinski definition) is 0. The summed E-state index contributed by atoms with van der Waals surface area (Å²) in [5.74, 6) is 0. The van der Waals surface area contributed by atoms with Gasteiger partial charge in [-0.05, 0) is 82.7 Å². The van der Waals surface area contributed by atoms with Crippen LogP contribution in [0.5, 0.6) is 0 Å². The maximum Gasteiger partial charge on any atom is 0.159 e. The van der Waals surface area contributed by atoms with Crippen LogP contribution < -0.4 is 0 Å². The van der Waals surface area contributed by atoms with E-state index in [1.807, 2.05) is 0 Å². The van der Waals surface area contributed by atoms with Gasteiger partial charge in [0.2, 0.25) is 0 Å². The SMILES string of the molecule is [2H]c1cc(-n2c3c([2H])c([2H])c([2H])c([2H])c3c3c([2H])c(-c4c([2H])c([2H])c5c(c4[2H])c4c([2H])c([2H])c([2H])c([2H])c4n5-c4c([2H])c([2H])c([2H])c([2H])c4[2H])c([2H])c([2H])c32)c2oc3c([2H])c([2H])c([2H])c(-c4c([2H])c([2H])c([2H])c([2H])c4[2H])c3c2c1[2H]. The summed E-state index contributed by atoms with van der Waals surface area (Å²) in [5, 5.41) is -3.18. The largest absolute Gasteiger partial charge is 0.454 e. The quantitative estimate of drug-likeness (QED) is 0.182. The first-order chi connectivity index (χ1) is 37.4. The van der Waals surface area contributed by atoms with Crippen molar-refractivity contribution in [2.75, 3.05) is 0 Å². The molecule has 0 aliphatic rings. The zero-order valence-electron chi connectivity index (χ0n) is 54.4. The molecule has 0 amide bonds. The van der Waals surface area contributed by atoms with Crippen molar-refractivity contribution in [2.45, 2.75) is 0 Å². The van der Waals surface area contributed by atoms with E-state index in [0.29, 0.717) is 0 Å². The molecule has 0 saturated carbocycles. The van der Waals surface area contributed by atoms with E-state index in [4.69, 9.17) is 31.8 Å². The summed E-state index contributed by atoms with van der Waals surface area (Å²) >= 11 is 0. The molecule has 3 heteroatoms. The van der Waals surface area contributed by atoms with E-state index >= 15 is 0 Å². The van der Waals surface area contributed by atoms with Crippen LogP contribution >= 0.6 is 0 Å². The van der Waals surface area contributed by atoms with Gasteiger partial charge >= 0.3 is 0 Å². The molecule has 0 aliphatic heterocycles. The van der Waals surface area contributed by atoms with Crippen LogP contribution in [0.3, 0.4) is 0 Å². The minimum Gasteiger partial charge on any atom is -0.454 e. The van der Waals surface area contributed by atoms with Gasteiger partial charge in [-0.3, -0.25) is 0 Å². The van der Waals surface area contributed by atoms with Crippen LogP contribution in [0.1, 0.15) is 39.8 Å². The molecule has 3 aromatic heterocycles. The Morgan fingerprint density at radius 1 is 0.412 bits per heavy atom. The fourth-order valence-electron chi connectivity index (χ4n) is 6.34. The van der Waals surface area contributed by atoms with E-state index in [9.17, 15) is 12.3 Å². The fraction of sp³-hybridized carbons (Fsp3) is 0. The third-order valence-electron chi connectivity index (χ3n) is 8.43. The highest BCUT2D eigenvalue weighted by Gasteiger charge is 2.20. The van der Waals surface area contributed by atoms with Crippen molar-refractivity contribution < 1.29 is 44.2 Å². The highest BCUT2D eigenvalue weighted by molar-refractivity contribution is 6.17. The number of aromatic nitrogens is 2. The van der Waals surface area contributed by atoms with Gasteiger partial charge in [-0.1, -0.05) is 121 Å². The molecule has 8 aromatic carbocycles. The summed E-state index contributed by atoms with van der Waals surface area (Å²) in [6.45, 7) is 0. The Balaban J connectivity index is 1.33. The zero-order valence-corrected chi connectivity index (χ0v) is 25.4. The van der Waals surface area contributed by atoms with Crippen LogP contribution in [0.4, 0.5) is 0 Å². The molecule has 0 aliphatic carbocycles. The Kier molecular flexibility index (Phi) is 2.53. The Hall–Kier alpha value is -6.84. The first kappa shape index (κ1) is 11.9. The molecule has 0 spiro atoms. The number of furan rings is 1. The standard InChI is InChI=1S/C48H30N2O/c1-3-13-31(14-4-1)35-19-12-24-46-47(35)38-20-11-23-45(48(38)51-46)50-42-22-10-8-18-37(42)40-30-33(26-28-44(40)50)32-25-27-43-39(29-32)36-17-7-9-21-41(36)49(43)34-15-5-2-6-16-34/h1-30H/i1D,2D,3D,4D,5D,6D,7D,8D,9D,10D,11D,12D,13D,14D,15D,16D,17D,18D,19D,20D,21D,22D,24D,25D,26D,27D,28D,29D,30D. The number of para-hydroxylation sites is 4. The molecule has 11 rings (SSSR count). The van der Waals surface area contributed by atoms with Crippen LogP contribution in [0.2, 0.25) is 0 Å². The van der Waals surface area contributed by atoms with Crippen molar-refractivity contribution in [2.24, 2.45) is 0 Å². The maximum atomic E-state index is 9.95. The van der Waals surface area contributed by atoms with Crippen molar-refractivity contribution >= 4 is 65.6 Å². The first-order valence-corrected chi connectivity index (χ1v) is 15.1. The van der Waals surface area contributed by atoms with Gasteiger partial charge in [0.05, 0.1) is 67.5 Å². The zero-order chi connectivity index (χ0) is 58.7. The van der Waals surface area contributed by atoms with Gasteiger partial charge in [0.1, 0.15) is 5.58 Å². The summed E-state index contributed by atoms with van der Waals surface area (Å²) in [4.78, 5) is 0. The van der Waals surface area contributed by atoms with Crippen molar-refractivity contribution in [1.29, 1.82) is 0 Å². The highest BCUT2D eigenvalue weighted by atomic mass is 16.3. The molecule has 238 valence electrons. The molecule has 3 nitrogen and oxygen atoms in total. The number of benzene rings is 8. The topological polar surface area (TPSA) is 23.0 Å². The normalized spacial score (nSPS) is 19.9. The highest BCUT2D eigenvalue weighted by Crippen LogP contribution is 2.42. The molecule has 51 heavy (non-hydrogen) atoms. The fourth-order valence-corrected chi connectivity index (χ4v) is 6.34. The van der Waals surface area contributed by atoms with Gasteiger partial charge in [-0.15, -0.1) is 0 Å². The molecular weight excluding hydrogens is 621 g/mol. The number of nitrogens with zero attached hydrogens (tertiary/aromatic N) is 2. The molecule has 0 saturated heterocycles. The monoisotopic (exact) mass is 679 g/mol. The van der Waals surface area contributed by atoms with Crippen LogP contribution in [-0.2, 0) is 0 Å².